The van der Waals surface area contributed by atoms with E-state index in [4.69, 9.17) is 0 Å². The number of rotatable bonds is 5. The smallest absolute Gasteiger partial charge is 0.357 e. The number of ether oxygens (including phenoxy) is 1. The van der Waals surface area contributed by atoms with E-state index >= 15 is 0 Å². The number of nitrogens with zero attached hydrogens (tertiary/aromatic N) is 1. The number of hydrogen-bond acceptors (Lipinski definition) is 5. The third-order valence-corrected chi connectivity index (χ3v) is 3.63. The van der Waals surface area contributed by atoms with Gasteiger partial charge in [0.25, 0.3) is 0 Å². The number of carbonyl (C=O) groups is 1. The lowest BCUT2D eigenvalue weighted by atomic mass is 10.0. The lowest BCUT2D eigenvalue weighted by Crippen LogP contribution is -2.24. The molecule has 0 aromatic carbocycles. The number of hydrogen-bond donors (Lipinski definition) is 1. The van der Waals surface area contributed by atoms with Gasteiger partial charge >= 0.3 is 5.97 Å². The number of thiazole rings is 1. The Morgan fingerprint density at radius 3 is 2.65 bits per heavy atom. The molecule has 4 nitrogen and oxygen atoms in total. The van der Waals surface area contributed by atoms with Crippen molar-refractivity contribution in [2.75, 3.05) is 12.4 Å². The van der Waals surface area contributed by atoms with Gasteiger partial charge in [0.05, 0.1) is 7.11 Å². The molecule has 1 aromatic rings. The summed E-state index contributed by atoms with van der Waals surface area (Å²) in [5.41, 5.74) is 0.415. The summed E-state index contributed by atoms with van der Waals surface area (Å²) in [6, 6.07) is 0.381. The van der Waals surface area contributed by atoms with E-state index in [9.17, 15) is 4.79 Å². The van der Waals surface area contributed by atoms with Gasteiger partial charge in [0.15, 0.2) is 10.8 Å². The van der Waals surface area contributed by atoms with Crippen molar-refractivity contribution in [2.24, 2.45) is 5.92 Å². The average molecular weight is 256 g/mol. The number of aromatic nitrogens is 1. The Kier molecular flexibility index (Phi) is 4.93. The van der Waals surface area contributed by atoms with Crippen molar-refractivity contribution in [3.63, 3.8) is 0 Å². The summed E-state index contributed by atoms with van der Waals surface area (Å²) >= 11 is 1.50. The fraction of sp³-hybridized carbons (Fsp3) is 0.667. The molecular weight excluding hydrogens is 236 g/mol. The van der Waals surface area contributed by atoms with E-state index < -0.39 is 0 Å². The summed E-state index contributed by atoms with van der Waals surface area (Å²) in [5.74, 6) is 0.162. The van der Waals surface area contributed by atoms with Gasteiger partial charge in [0.2, 0.25) is 0 Å². The van der Waals surface area contributed by atoms with Crippen molar-refractivity contribution in [1.82, 2.24) is 4.98 Å². The van der Waals surface area contributed by atoms with Gasteiger partial charge in [-0.15, -0.1) is 11.3 Å². The Morgan fingerprint density at radius 2 is 2.18 bits per heavy atom. The summed E-state index contributed by atoms with van der Waals surface area (Å²) in [5, 5.41) is 4.16. The number of esters is 1. The summed E-state index contributed by atoms with van der Waals surface area (Å²) in [4.78, 5) is 16.6. The first kappa shape index (κ1) is 14.0. The topological polar surface area (TPSA) is 51.2 Å². The highest BCUT2D eigenvalue weighted by molar-refractivity contribution is 7.15. The fourth-order valence-corrected chi connectivity index (χ4v) is 2.51. The summed E-state index contributed by atoms with van der Waals surface area (Å²) in [6.45, 7) is 8.36. The van der Waals surface area contributed by atoms with Crippen molar-refractivity contribution in [3.8, 4) is 0 Å². The third-order valence-electron chi connectivity index (χ3n) is 2.73. The molecule has 1 unspecified atom stereocenters. The molecule has 1 rings (SSSR count). The normalized spacial score (nSPS) is 12.6. The van der Waals surface area contributed by atoms with Crippen LogP contribution in [0.5, 0.6) is 0 Å². The van der Waals surface area contributed by atoms with Crippen molar-refractivity contribution in [3.05, 3.63) is 10.6 Å². The molecule has 0 aliphatic rings. The largest absolute Gasteiger partial charge is 0.464 e. The van der Waals surface area contributed by atoms with Crippen molar-refractivity contribution in [2.45, 2.75) is 40.2 Å². The van der Waals surface area contributed by atoms with Crippen LogP contribution >= 0.6 is 11.3 Å². The predicted molar refractivity (Wildman–Crippen MR) is 70.7 cm³/mol. The number of nitrogens with one attached hydrogen (secondary N) is 1. The molecule has 0 spiro atoms. The Morgan fingerprint density at radius 1 is 1.53 bits per heavy atom. The van der Waals surface area contributed by atoms with Crippen molar-refractivity contribution in [1.29, 1.82) is 0 Å². The molecule has 0 aliphatic heterocycles. The van der Waals surface area contributed by atoms with Crippen molar-refractivity contribution >= 4 is 22.4 Å². The van der Waals surface area contributed by atoms with Crippen LogP contribution < -0.4 is 5.32 Å². The molecule has 96 valence electrons. The van der Waals surface area contributed by atoms with E-state index in [0.717, 1.165) is 16.4 Å². The van der Waals surface area contributed by atoms with Gasteiger partial charge in [0, 0.05) is 10.9 Å². The van der Waals surface area contributed by atoms with Crippen LogP contribution in [0.4, 0.5) is 5.13 Å². The summed E-state index contributed by atoms with van der Waals surface area (Å²) < 4.78 is 4.69. The first-order valence-electron chi connectivity index (χ1n) is 5.81. The molecule has 0 saturated heterocycles. The van der Waals surface area contributed by atoms with Gasteiger partial charge in [-0.05, 0) is 19.3 Å². The van der Waals surface area contributed by atoms with Crippen LogP contribution in [0, 0.1) is 12.8 Å². The number of aryl methyl sites for hydroxylation is 1. The molecule has 0 amide bonds. The first-order valence-corrected chi connectivity index (χ1v) is 6.63. The second-order valence-electron chi connectivity index (χ2n) is 4.32. The zero-order valence-electron chi connectivity index (χ0n) is 11.0. The minimum atomic E-state index is -0.371. The van der Waals surface area contributed by atoms with Gasteiger partial charge in [-0.25, -0.2) is 9.78 Å². The number of anilines is 1. The predicted octanol–water partition coefficient (Wildman–Crippen LogP) is 3.08. The molecule has 0 bridgehead atoms. The quantitative estimate of drug-likeness (QED) is 0.823. The minimum Gasteiger partial charge on any atom is -0.464 e. The lowest BCUT2D eigenvalue weighted by Gasteiger charge is -2.19. The molecule has 17 heavy (non-hydrogen) atoms. The first-order chi connectivity index (χ1) is 7.99. The molecule has 0 fully saturated rings. The monoisotopic (exact) mass is 256 g/mol. The Bertz CT molecular complexity index is 388. The fourth-order valence-electron chi connectivity index (χ4n) is 1.64. The van der Waals surface area contributed by atoms with E-state index in [2.05, 4.69) is 35.8 Å². The van der Waals surface area contributed by atoms with Gasteiger partial charge in [-0.3, -0.25) is 0 Å². The molecule has 5 heteroatoms. The van der Waals surface area contributed by atoms with Gasteiger partial charge in [-0.1, -0.05) is 20.8 Å². The van der Waals surface area contributed by atoms with E-state index in [1.54, 1.807) is 0 Å². The Balaban J connectivity index is 2.83. The molecule has 1 heterocycles. The van der Waals surface area contributed by atoms with Crippen LogP contribution in [-0.4, -0.2) is 24.1 Å². The Hall–Kier alpha value is -1.10. The summed E-state index contributed by atoms with van der Waals surface area (Å²) in [7, 11) is 1.37. The molecule has 0 aliphatic carbocycles. The molecule has 0 radical (unpaired) electrons. The lowest BCUT2D eigenvalue weighted by molar-refractivity contribution is 0.0594. The average Bonchev–Trinajstić information content (AvgIpc) is 2.65. The van der Waals surface area contributed by atoms with Crippen LogP contribution in [0.3, 0.4) is 0 Å². The maximum Gasteiger partial charge on any atom is 0.357 e. The Labute approximate surface area is 106 Å². The highest BCUT2D eigenvalue weighted by Crippen LogP contribution is 2.24. The maximum atomic E-state index is 11.4. The van der Waals surface area contributed by atoms with Gasteiger partial charge in [-0.2, -0.15) is 0 Å². The van der Waals surface area contributed by atoms with E-state index in [1.807, 2.05) is 6.92 Å². The molecular formula is C12H20N2O2S. The molecule has 1 aromatic heterocycles. The second kappa shape index (κ2) is 6.00. The second-order valence-corrected chi connectivity index (χ2v) is 5.52. The highest BCUT2D eigenvalue weighted by Gasteiger charge is 2.18. The molecule has 1 N–H and O–H groups in total. The summed E-state index contributed by atoms with van der Waals surface area (Å²) in [6.07, 6.45) is 1.03. The molecule has 0 saturated carbocycles. The standard InChI is InChI=1S/C12H20N2O2S/c1-6-9(7(2)3)13-12-14-10(8(4)17-12)11(15)16-5/h7,9H,6H2,1-5H3,(H,13,14). The van der Waals surface area contributed by atoms with Crippen LogP contribution in [-0.2, 0) is 4.74 Å². The maximum absolute atomic E-state index is 11.4. The van der Waals surface area contributed by atoms with Crippen molar-refractivity contribution < 1.29 is 9.53 Å². The van der Waals surface area contributed by atoms with Gasteiger partial charge in [0.1, 0.15) is 0 Å². The minimum absolute atomic E-state index is 0.371. The van der Waals surface area contributed by atoms with Crippen LogP contribution in [0.2, 0.25) is 0 Å². The van der Waals surface area contributed by atoms with E-state index in [0.29, 0.717) is 17.7 Å². The van der Waals surface area contributed by atoms with Gasteiger partial charge < -0.3 is 10.1 Å². The zero-order valence-corrected chi connectivity index (χ0v) is 11.9. The van der Waals surface area contributed by atoms with Crippen LogP contribution in [0.25, 0.3) is 0 Å². The zero-order chi connectivity index (χ0) is 13.0. The number of carbonyl (C=O) groups excluding carboxylic acids is 1. The number of methoxy groups -OCH3 is 1. The molecule has 1 atom stereocenters. The van der Waals surface area contributed by atoms with Crippen LogP contribution in [0.1, 0.15) is 42.6 Å². The van der Waals surface area contributed by atoms with E-state index in [1.165, 1.54) is 18.4 Å². The SMILES string of the molecule is CCC(Nc1nc(C(=O)OC)c(C)s1)C(C)C. The highest BCUT2D eigenvalue weighted by atomic mass is 32.1. The van der Waals surface area contributed by atoms with Crippen LogP contribution in [0.15, 0.2) is 0 Å². The third kappa shape index (κ3) is 3.43. The van der Waals surface area contributed by atoms with E-state index in [-0.39, 0.29) is 5.97 Å².